The van der Waals surface area contributed by atoms with Crippen LogP contribution >= 0.6 is 27.3 Å². The molecule has 1 aliphatic rings. The number of thiazole rings is 1. The molecule has 0 aliphatic carbocycles. The number of aryl methyl sites for hydroxylation is 3. The monoisotopic (exact) mass is 630 g/mol. The highest BCUT2D eigenvalue weighted by atomic mass is 79.9. The van der Waals surface area contributed by atoms with E-state index in [0.717, 1.165) is 21.3 Å². The van der Waals surface area contributed by atoms with Gasteiger partial charge in [0.1, 0.15) is 12.4 Å². The van der Waals surface area contributed by atoms with Gasteiger partial charge in [0, 0.05) is 4.47 Å². The Balaban J connectivity index is 1.48. The molecule has 41 heavy (non-hydrogen) atoms. The minimum atomic E-state index is -0.644. The van der Waals surface area contributed by atoms with Gasteiger partial charge in [-0.2, -0.15) is 0 Å². The molecule has 5 rings (SSSR count). The number of carbonyl (C=O) groups is 1. The second kappa shape index (κ2) is 12.0. The third-order valence-electron chi connectivity index (χ3n) is 7.08. The first kappa shape index (κ1) is 28.8. The van der Waals surface area contributed by atoms with Crippen molar-refractivity contribution in [1.29, 1.82) is 0 Å². The minimum absolute atomic E-state index is 0.210. The first-order chi connectivity index (χ1) is 19.7. The van der Waals surface area contributed by atoms with Crippen molar-refractivity contribution in [1.82, 2.24) is 4.57 Å². The molecule has 1 atom stereocenters. The van der Waals surface area contributed by atoms with Crippen LogP contribution in [-0.2, 0) is 16.1 Å². The summed E-state index contributed by atoms with van der Waals surface area (Å²) in [5.41, 5.74) is 7.24. The molecule has 0 spiro atoms. The smallest absolute Gasteiger partial charge is 0.338 e. The van der Waals surface area contributed by atoms with Crippen molar-refractivity contribution in [2.24, 2.45) is 4.99 Å². The van der Waals surface area contributed by atoms with E-state index >= 15 is 0 Å². The highest BCUT2D eigenvalue weighted by Crippen LogP contribution is 2.32. The molecule has 0 bridgehead atoms. The second-order valence-corrected chi connectivity index (χ2v) is 12.0. The highest BCUT2D eigenvalue weighted by Gasteiger charge is 2.33. The van der Waals surface area contributed by atoms with Gasteiger partial charge in [-0.15, -0.1) is 0 Å². The largest absolute Gasteiger partial charge is 0.489 e. The summed E-state index contributed by atoms with van der Waals surface area (Å²) < 4.78 is 14.4. The second-order valence-electron chi connectivity index (χ2n) is 10.1. The van der Waals surface area contributed by atoms with Crippen LogP contribution in [-0.4, -0.2) is 17.1 Å². The molecule has 0 N–H and O–H groups in total. The molecule has 0 saturated carbocycles. The summed E-state index contributed by atoms with van der Waals surface area (Å²) in [6, 6.07) is 19.0. The van der Waals surface area contributed by atoms with Crippen molar-refractivity contribution >= 4 is 39.3 Å². The lowest BCUT2D eigenvalue weighted by molar-refractivity contribution is -0.139. The minimum Gasteiger partial charge on any atom is -0.489 e. The van der Waals surface area contributed by atoms with E-state index in [1.165, 1.54) is 33.6 Å². The zero-order valence-corrected chi connectivity index (χ0v) is 26.1. The van der Waals surface area contributed by atoms with Gasteiger partial charge in [0.2, 0.25) is 0 Å². The summed E-state index contributed by atoms with van der Waals surface area (Å²) in [6.45, 7) is 10.6. The maximum absolute atomic E-state index is 13.8. The molecule has 0 unspecified atom stereocenters. The molecule has 0 amide bonds. The fraction of sp³-hybridized carbons (Fsp3) is 0.242. The van der Waals surface area contributed by atoms with Crippen LogP contribution in [0.2, 0.25) is 0 Å². The van der Waals surface area contributed by atoms with Gasteiger partial charge in [-0.25, -0.2) is 9.79 Å². The Kier molecular flexibility index (Phi) is 8.42. The standard InChI is InChI=1S/C33H31BrN2O4S/c1-6-39-32(38)29-22(5)35-33-36(30(29)24-8-7-9-25(34)17-24)31(37)28(41-33)16-23-10-12-26(13-11-23)40-18-27-20(3)14-19(2)15-21(27)4/h7-17,30H,6,18H2,1-5H3/b28-16-/t30-/m1/s1. The van der Waals surface area contributed by atoms with Gasteiger partial charge in [0.15, 0.2) is 4.80 Å². The molecule has 0 saturated heterocycles. The molecule has 2 heterocycles. The fourth-order valence-electron chi connectivity index (χ4n) is 5.19. The Morgan fingerprint density at radius 3 is 2.41 bits per heavy atom. The van der Waals surface area contributed by atoms with Crippen LogP contribution in [0.3, 0.4) is 0 Å². The quantitative estimate of drug-likeness (QED) is 0.233. The van der Waals surface area contributed by atoms with Crippen LogP contribution in [0.1, 0.15) is 53.3 Å². The molecule has 210 valence electrons. The Morgan fingerprint density at radius 2 is 1.76 bits per heavy atom. The van der Waals surface area contributed by atoms with E-state index in [0.29, 0.717) is 27.2 Å². The zero-order valence-electron chi connectivity index (χ0n) is 23.7. The van der Waals surface area contributed by atoms with E-state index in [1.54, 1.807) is 18.4 Å². The number of aromatic nitrogens is 1. The maximum atomic E-state index is 13.8. The van der Waals surface area contributed by atoms with E-state index in [-0.39, 0.29) is 12.2 Å². The number of fused-ring (bicyclic) bond motifs is 1. The lowest BCUT2D eigenvalue weighted by atomic mass is 9.96. The number of ether oxygens (including phenoxy) is 2. The summed E-state index contributed by atoms with van der Waals surface area (Å²) in [4.78, 5) is 32.0. The average molecular weight is 632 g/mol. The Bertz CT molecular complexity index is 1830. The summed E-state index contributed by atoms with van der Waals surface area (Å²) in [5, 5.41) is 0. The number of nitrogens with zero attached hydrogens (tertiary/aromatic N) is 2. The number of halogens is 1. The first-order valence-corrected chi connectivity index (χ1v) is 15.0. The molecule has 3 aromatic carbocycles. The van der Waals surface area contributed by atoms with Gasteiger partial charge in [-0.05, 0) is 92.8 Å². The average Bonchev–Trinajstić information content (AvgIpc) is 3.22. The number of allylic oxidation sites excluding steroid dienone is 1. The van der Waals surface area contributed by atoms with E-state index in [2.05, 4.69) is 53.8 Å². The predicted molar refractivity (Wildman–Crippen MR) is 166 cm³/mol. The number of hydrogen-bond acceptors (Lipinski definition) is 6. The van der Waals surface area contributed by atoms with Crippen molar-refractivity contribution in [3.8, 4) is 5.75 Å². The normalized spacial score (nSPS) is 15.0. The van der Waals surface area contributed by atoms with Gasteiger partial charge in [-0.3, -0.25) is 9.36 Å². The van der Waals surface area contributed by atoms with Crippen molar-refractivity contribution < 1.29 is 14.3 Å². The zero-order chi connectivity index (χ0) is 29.3. The summed E-state index contributed by atoms with van der Waals surface area (Å²) in [6.07, 6.45) is 1.85. The number of benzene rings is 3. The Morgan fingerprint density at radius 1 is 1.05 bits per heavy atom. The number of carbonyl (C=O) groups excluding carboxylic acids is 1. The summed E-state index contributed by atoms with van der Waals surface area (Å²) >= 11 is 4.83. The fourth-order valence-corrected chi connectivity index (χ4v) is 6.65. The van der Waals surface area contributed by atoms with Crippen LogP contribution in [0.5, 0.6) is 5.75 Å². The Hall–Kier alpha value is -3.75. The van der Waals surface area contributed by atoms with E-state index in [4.69, 9.17) is 9.47 Å². The van der Waals surface area contributed by atoms with Crippen LogP contribution in [0, 0.1) is 20.8 Å². The molecule has 1 aromatic heterocycles. The van der Waals surface area contributed by atoms with Crippen LogP contribution in [0.25, 0.3) is 6.08 Å². The molecule has 4 aromatic rings. The molecular formula is C33H31BrN2O4S. The highest BCUT2D eigenvalue weighted by molar-refractivity contribution is 9.10. The van der Waals surface area contributed by atoms with E-state index in [9.17, 15) is 9.59 Å². The predicted octanol–water partition coefficient (Wildman–Crippen LogP) is 6.07. The number of rotatable bonds is 7. The number of esters is 1. The third kappa shape index (κ3) is 5.99. The molecular weight excluding hydrogens is 600 g/mol. The lowest BCUT2D eigenvalue weighted by Crippen LogP contribution is -2.39. The van der Waals surface area contributed by atoms with Gasteiger partial charge >= 0.3 is 5.97 Å². The molecule has 8 heteroatoms. The van der Waals surface area contributed by atoms with Gasteiger partial charge < -0.3 is 9.47 Å². The first-order valence-electron chi connectivity index (χ1n) is 13.4. The summed E-state index contributed by atoms with van der Waals surface area (Å²) in [7, 11) is 0. The molecule has 6 nitrogen and oxygen atoms in total. The van der Waals surface area contributed by atoms with Crippen molar-refractivity contribution in [2.45, 2.75) is 47.3 Å². The van der Waals surface area contributed by atoms with Crippen molar-refractivity contribution in [3.63, 3.8) is 0 Å². The van der Waals surface area contributed by atoms with Gasteiger partial charge in [0.05, 0.1) is 28.5 Å². The van der Waals surface area contributed by atoms with Gasteiger partial charge in [0.25, 0.3) is 5.56 Å². The van der Waals surface area contributed by atoms with E-state index in [1.807, 2.05) is 54.6 Å². The lowest BCUT2D eigenvalue weighted by Gasteiger charge is -2.24. The SMILES string of the molecule is CCOC(=O)C1=C(C)N=c2s/c(=C\c3ccc(OCc4c(C)cc(C)cc4C)cc3)c(=O)n2[C@@H]1c1cccc(Br)c1. The maximum Gasteiger partial charge on any atom is 0.338 e. The third-order valence-corrected chi connectivity index (χ3v) is 8.56. The van der Waals surface area contributed by atoms with Crippen molar-refractivity contribution in [2.75, 3.05) is 6.61 Å². The van der Waals surface area contributed by atoms with Crippen LogP contribution < -0.4 is 19.6 Å². The van der Waals surface area contributed by atoms with Crippen LogP contribution in [0.4, 0.5) is 0 Å². The molecule has 0 radical (unpaired) electrons. The van der Waals surface area contributed by atoms with E-state index < -0.39 is 12.0 Å². The number of hydrogen-bond donors (Lipinski definition) is 0. The van der Waals surface area contributed by atoms with Crippen molar-refractivity contribution in [3.05, 3.63) is 129 Å². The molecule has 1 aliphatic heterocycles. The van der Waals surface area contributed by atoms with Crippen LogP contribution in [0.15, 0.2) is 86.2 Å². The van der Waals surface area contributed by atoms with Gasteiger partial charge in [-0.1, -0.05) is 69.2 Å². The Labute approximate surface area is 251 Å². The summed E-state index contributed by atoms with van der Waals surface area (Å²) in [5.74, 6) is 0.284. The molecule has 0 fully saturated rings. The topological polar surface area (TPSA) is 69.9 Å².